The van der Waals surface area contributed by atoms with Crippen molar-refractivity contribution in [2.24, 2.45) is 0 Å². The minimum Gasteiger partial charge on any atom is -0.504 e. The van der Waals surface area contributed by atoms with E-state index in [-0.39, 0.29) is 17.1 Å². The van der Waals surface area contributed by atoms with Crippen LogP contribution in [0.3, 0.4) is 0 Å². The number of carbonyl (C=O) groups excluding carboxylic acids is 1. The molecule has 1 atom stereocenters. The van der Waals surface area contributed by atoms with E-state index < -0.39 is 24.7 Å². The van der Waals surface area contributed by atoms with E-state index in [9.17, 15) is 23.1 Å². The predicted molar refractivity (Wildman–Crippen MR) is 63.5 cm³/mol. The minimum absolute atomic E-state index is 0.138. The molecule has 1 aromatic rings. The minimum atomic E-state index is -4.47. The van der Waals surface area contributed by atoms with E-state index in [1.807, 2.05) is 5.32 Å². The van der Waals surface area contributed by atoms with E-state index in [2.05, 4.69) is 4.74 Å². The molecule has 0 heterocycles. The summed E-state index contributed by atoms with van der Waals surface area (Å²) in [6, 6.07) is 2.52. The zero-order chi connectivity index (χ0) is 15.3. The molecule has 0 fully saturated rings. The lowest BCUT2D eigenvalue weighted by atomic mass is 10.1. The van der Waals surface area contributed by atoms with E-state index in [0.29, 0.717) is 0 Å². The first-order valence-corrected chi connectivity index (χ1v) is 5.53. The summed E-state index contributed by atoms with van der Waals surface area (Å²) in [5.41, 5.74) is 0.138. The van der Waals surface area contributed by atoms with Crippen LogP contribution in [0.25, 0.3) is 0 Å². The Bertz CT molecular complexity index is 476. The second-order valence-electron chi connectivity index (χ2n) is 3.88. The molecular formula is C12H14F3NO4. The number of phenols is 1. The van der Waals surface area contributed by atoms with Crippen molar-refractivity contribution in [3.8, 4) is 11.5 Å². The molecule has 20 heavy (non-hydrogen) atoms. The van der Waals surface area contributed by atoms with E-state index in [0.717, 1.165) is 13.2 Å². The standard InChI is InChI=1S/C12H14F3NO4/c1-19-9-4-3-7(5-8(9)17)10(11(18)20-2)16-6-12(13,14)15/h3-5,10,16-17H,6H2,1-2H3. The Balaban J connectivity index is 2.99. The average molecular weight is 293 g/mol. The van der Waals surface area contributed by atoms with Gasteiger partial charge in [0.2, 0.25) is 0 Å². The fourth-order valence-corrected chi connectivity index (χ4v) is 1.56. The van der Waals surface area contributed by atoms with Crippen LogP contribution in [0, 0.1) is 0 Å². The van der Waals surface area contributed by atoms with Crippen LogP contribution in [0.5, 0.6) is 11.5 Å². The molecule has 1 aromatic carbocycles. The highest BCUT2D eigenvalue weighted by molar-refractivity contribution is 5.77. The summed E-state index contributed by atoms with van der Waals surface area (Å²) in [4.78, 5) is 11.5. The summed E-state index contributed by atoms with van der Waals surface area (Å²) < 4.78 is 45.9. The number of hydrogen-bond acceptors (Lipinski definition) is 5. The van der Waals surface area contributed by atoms with Gasteiger partial charge >= 0.3 is 12.1 Å². The Morgan fingerprint density at radius 3 is 2.50 bits per heavy atom. The van der Waals surface area contributed by atoms with Crippen LogP contribution < -0.4 is 10.1 Å². The molecule has 8 heteroatoms. The van der Waals surface area contributed by atoms with Gasteiger partial charge in [0.25, 0.3) is 0 Å². The van der Waals surface area contributed by atoms with Gasteiger partial charge in [-0.15, -0.1) is 0 Å². The first kappa shape index (κ1) is 16.1. The van der Waals surface area contributed by atoms with Crippen molar-refractivity contribution in [1.29, 1.82) is 0 Å². The maximum absolute atomic E-state index is 12.2. The SMILES string of the molecule is COC(=O)C(NCC(F)(F)F)c1ccc(OC)c(O)c1. The Kier molecular flexibility index (Phi) is 5.20. The molecule has 1 unspecified atom stereocenters. The second kappa shape index (κ2) is 6.47. The summed E-state index contributed by atoms with van der Waals surface area (Å²) in [5, 5.41) is 11.6. The molecule has 0 aliphatic heterocycles. The van der Waals surface area contributed by atoms with Gasteiger partial charge in [-0.25, -0.2) is 4.79 Å². The predicted octanol–water partition coefficient (Wildman–Crippen LogP) is 1.77. The van der Waals surface area contributed by atoms with Gasteiger partial charge < -0.3 is 14.6 Å². The van der Waals surface area contributed by atoms with E-state index >= 15 is 0 Å². The summed E-state index contributed by atoms with van der Waals surface area (Å²) >= 11 is 0. The van der Waals surface area contributed by atoms with Gasteiger partial charge in [-0.2, -0.15) is 13.2 Å². The highest BCUT2D eigenvalue weighted by Crippen LogP contribution is 2.29. The monoisotopic (exact) mass is 293 g/mol. The van der Waals surface area contributed by atoms with E-state index in [1.165, 1.54) is 19.2 Å². The lowest BCUT2D eigenvalue weighted by molar-refractivity contribution is -0.146. The Morgan fingerprint density at radius 1 is 1.40 bits per heavy atom. The maximum Gasteiger partial charge on any atom is 0.401 e. The molecule has 1 rings (SSSR count). The third-order valence-corrected chi connectivity index (χ3v) is 2.48. The largest absolute Gasteiger partial charge is 0.504 e. The van der Waals surface area contributed by atoms with E-state index in [4.69, 9.17) is 4.74 Å². The molecule has 0 aliphatic rings. The Labute approximate surface area is 113 Å². The van der Waals surface area contributed by atoms with Crippen LogP contribution in [0.15, 0.2) is 18.2 Å². The lowest BCUT2D eigenvalue weighted by Gasteiger charge is -2.18. The summed E-state index contributed by atoms with van der Waals surface area (Å²) in [5.74, 6) is -1.03. The van der Waals surface area contributed by atoms with Crippen LogP contribution in [-0.4, -0.2) is 38.0 Å². The molecule has 5 nitrogen and oxygen atoms in total. The number of rotatable bonds is 5. The smallest absolute Gasteiger partial charge is 0.401 e. The van der Waals surface area contributed by atoms with Gasteiger partial charge in [0.05, 0.1) is 20.8 Å². The highest BCUT2D eigenvalue weighted by Gasteiger charge is 2.31. The highest BCUT2D eigenvalue weighted by atomic mass is 19.4. The van der Waals surface area contributed by atoms with Crippen LogP contribution in [0.4, 0.5) is 13.2 Å². The quantitative estimate of drug-likeness (QED) is 0.810. The fraction of sp³-hybridized carbons (Fsp3) is 0.417. The lowest BCUT2D eigenvalue weighted by Crippen LogP contribution is -2.36. The van der Waals surface area contributed by atoms with Crippen LogP contribution in [0.1, 0.15) is 11.6 Å². The number of hydrogen-bond donors (Lipinski definition) is 2. The van der Waals surface area contributed by atoms with Crippen molar-refractivity contribution in [3.05, 3.63) is 23.8 Å². The average Bonchev–Trinajstić information content (AvgIpc) is 2.37. The molecule has 112 valence electrons. The van der Waals surface area contributed by atoms with E-state index in [1.54, 1.807) is 0 Å². The normalized spacial score (nSPS) is 12.8. The molecule has 0 aliphatic carbocycles. The number of benzene rings is 1. The first-order valence-electron chi connectivity index (χ1n) is 5.53. The van der Waals surface area contributed by atoms with Gasteiger partial charge in [0, 0.05) is 0 Å². The third kappa shape index (κ3) is 4.30. The molecule has 0 saturated heterocycles. The molecule has 2 N–H and O–H groups in total. The Morgan fingerprint density at radius 2 is 2.05 bits per heavy atom. The molecule has 0 bridgehead atoms. The maximum atomic E-state index is 12.2. The number of halogens is 3. The fourth-order valence-electron chi connectivity index (χ4n) is 1.56. The van der Waals surface area contributed by atoms with Gasteiger partial charge in [-0.05, 0) is 17.7 Å². The van der Waals surface area contributed by atoms with Crippen molar-refractivity contribution in [2.75, 3.05) is 20.8 Å². The summed E-state index contributed by atoms with van der Waals surface area (Å²) in [6.45, 7) is -1.36. The van der Waals surface area contributed by atoms with Gasteiger partial charge in [0.15, 0.2) is 11.5 Å². The molecule has 0 saturated carbocycles. The zero-order valence-corrected chi connectivity index (χ0v) is 10.8. The van der Waals surface area contributed by atoms with Crippen molar-refractivity contribution >= 4 is 5.97 Å². The van der Waals surface area contributed by atoms with Crippen LogP contribution in [-0.2, 0) is 9.53 Å². The van der Waals surface area contributed by atoms with Gasteiger partial charge in [-0.1, -0.05) is 6.07 Å². The summed E-state index contributed by atoms with van der Waals surface area (Å²) in [7, 11) is 2.39. The van der Waals surface area contributed by atoms with Crippen LogP contribution in [0.2, 0.25) is 0 Å². The number of alkyl halides is 3. The molecule has 0 aromatic heterocycles. The molecule has 0 spiro atoms. The second-order valence-corrected chi connectivity index (χ2v) is 3.88. The number of carbonyl (C=O) groups is 1. The third-order valence-electron chi connectivity index (χ3n) is 2.48. The Hall–Kier alpha value is -1.96. The van der Waals surface area contributed by atoms with Crippen LogP contribution >= 0.6 is 0 Å². The van der Waals surface area contributed by atoms with Crippen molar-refractivity contribution in [1.82, 2.24) is 5.32 Å². The zero-order valence-electron chi connectivity index (χ0n) is 10.8. The number of esters is 1. The topological polar surface area (TPSA) is 67.8 Å². The number of phenolic OH excluding ortho intramolecular Hbond substituents is 1. The molecule has 0 radical (unpaired) electrons. The number of methoxy groups -OCH3 is 2. The van der Waals surface area contributed by atoms with Crippen molar-refractivity contribution < 1.29 is 32.5 Å². The number of nitrogens with one attached hydrogen (secondary N) is 1. The molecule has 0 amide bonds. The van der Waals surface area contributed by atoms with Gasteiger partial charge in [0.1, 0.15) is 6.04 Å². The number of aromatic hydroxyl groups is 1. The first-order chi connectivity index (χ1) is 9.28. The molecular weight excluding hydrogens is 279 g/mol. The van der Waals surface area contributed by atoms with Crippen molar-refractivity contribution in [2.45, 2.75) is 12.2 Å². The number of ether oxygens (including phenoxy) is 2. The van der Waals surface area contributed by atoms with Crippen molar-refractivity contribution in [3.63, 3.8) is 0 Å². The summed E-state index contributed by atoms with van der Waals surface area (Å²) in [6.07, 6.45) is -4.47. The van der Waals surface area contributed by atoms with Gasteiger partial charge in [-0.3, -0.25) is 5.32 Å².